The molecule has 2 aromatic heterocycles. The molecule has 6 nitrogen and oxygen atoms in total. The number of halogens is 2. The van der Waals surface area contributed by atoms with Crippen molar-refractivity contribution in [1.82, 2.24) is 19.2 Å². The summed E-state index contributed by atoms with van der Waals surface area (Å²) in [5.41, 5.74) is 1.01. The number of anilines is 1. The Balaban J connectivity index is 1.84. The van der Waals surface area contributed by atoms with Crippen molar-refractivity contribution in [1.29, 1.82) is 0 Å². The van der Waals surface area contributed by atoms with E-state index in [2.05, 4.69) is 31.4 Å². The lowest BCUT2D eigenvalue weighted by atomic mass is 10.2. The monoisotopic (exact) mass is 415 g/mol. The van der Waals surface area contributed by atoms with Crippen LogP contribution in [0, 0.1) is 5.82 Å². The Morgan fingerprint density at radius 3 is 2.77 bits per heavy atom. The molecule has 0 fully saturated rings. The molecule has 0 aliphatic heterocycles. The van der Waals surface area contributed by atoms with Crippen molar-refractivity contribution in [2.75, 3.05) is 5.32 Å². The van der Waals surface area contributed by atoms with Gasteiger partial charge >= 0.3 is 0 Å². The van der Waals surface area contributed by atoms with Crippen molar-refractivity contribution in [2.45, 2.75) is 20.0 Å². The maximum Gasteiger partial charge on any atom is 0.262 e. The molecule has 0 atom stereocenters. The second-order valence-corrected chi connectivity index (χ2v) is 6.71. The number of aryl methyl sites for hydroxylation is 1. The second-order valence-electron chi connectivity index (χ2n) is 5.80. The number of rotatable bonds is 4. The number of para-hydroxylation sites is 1. The molecule has 0 aliphatic carbocycles. The molecule has 0 saturated heterocycles. The fourth-order valence-electron chi connectivity index (χ4n) is 3.02. The highest BCUT2D eigenvalue weighted by Crippen LogP contribution is 2.20. The van der Waals surface area contributed by atoms with E-state index in [0.29, 0.717) is 33.7 Å². The van der Waals surface area contributed by atoms with Gasteiger partial charge in [0.1, 0.15) is 5.82 Å². The summed E-state index contributed by atoms with van der Waals surface area (Å²) in [6.07, 6.45) is 0. The van der Waals surface area contributed by atoms with Crippen LogP contribution in [0.25, 0.3) is 16.7 Å². The number of nitrogens with one attached hydrogen (secondary N) is 1. The molecule has 2 aromatic carbocycles. The molecule has 0 amide bonds. The lowest BCUT2D eigenvalue weighted by molar-refractivity contribution is 0.629. The molecule has 26 heavy (non-hydrogen) atoms. The average molecular weight is 416 g/mol. The van der Waals surface area contributed by atoms with Gasteiger partial charge in [0.2, 0.25) is 5.78 Å². The quantitative estimate of drug-likeness (QED) is 0.553. The summed E-state index contributed by atoms with van der Waals surface area (Å²) in [5, 5.41) is 12.0. The Hall–Kier alpha value is -2.74. The smallest absolute Gasteiger partial charge is 0.262 e. The molecule has 4 aromatic rings. The Bertz CT molecular complexity index is 1180. The fraction of sp³-hybridized carbons (Fsp3) is 0.167. The van der Waals surface area contributed by atoms with Gasteiger partial charge in [-0.3, -0.25) is 13.8 Å². The van der Waals surface area contributed by atoms with Gasteiger partial charge in [0.05, 0.1) is 23.1 Å². The van der Waals surface area contributed by atoms with Crippen LogP contribution in [0.4, 0.5) is 10.1 Å². The highest BCUT2D eigenvalue weighted by Gasteiger charge is 2.15. The van der Waals surface area contributed by atoms with E-state index in [1.54, 1.807) is 22.8 Å². The Morgan fingerprint density at radius 2 is 2.00 bits per heavy atom. The first-order valence-electron chi connectivity index (χ1n) is 8.14. The van der Waals surface area contributed by atoms with Gasteiger partial charge < -0.3 is 5.32 Å². The van der Waals surface area contributed by atoms with E-state index < -0.39 is 0 Å². The molecule has 0 saturated carbocycles. The second kappa shape index (κ2) is 6.53. The van der Waals surface area contributed by atoms with Gasteiger partial charge in [-0.1, -0.05) is 28.1 Å². The van der Waals surface area contributed by atoms with Gasteiger partial charge in [-0.05, 0) is 37.3 Å². The average Bonchev–Trinajstić information content (AvgIpc) is 3.05. The number of benzene rings is 2. The largest absolute Gasteiger partial charge is 0.375 e. The number of hydrogen-bond acceptors (Lipinski definition) is 4. The van der Waals surface area contributed by atoms with Crippen LogP contribution in [0.5, 0.6) is 0 Å². The molecule has 4 rings (SSSR count). The number of fused-ring (bicyclic) bond motifs is 3. The zero-order valence-corrected chi connectivity index (χ0v) is 15.5. The first-order chi connectivity index (χ1) is 12.6. The Kier molecular flexibility index (Phi) is 4.20. The Labute approximate surface area is 156 Å². The molecule has 1 N–H and O–H groups in total. The van der Waals surface area contributed by atoms with Crippen LogP contribution in [-0.4, -0.2) is 19.2 Å². The fourth-order valence-corrected chi connectivity index (χ4v) is 3.35. The van der Waals surface area contributed by atoms with E-state index in [9.17, 15) is 9.18 Å². The summed E-state index contributed by atoms with van der Waals surface area (Å²) in [7, 11) is 0. The number of hydrogen-bond donors (Lipinski definition) is 1. The topological polar surface area (TPSA) is 64.2 Å². The predicted octanol–water partition coefficient (Wildman–Crippen LogP) is 3.58. The van der Waals surface area contributed by atoms with Crippen LogP contribution in [0.1, 0.15) is 12.7 Å². The van der Waals surface area contributed by atoms with E-state index >= 15 is 0 Å². The molecule has 0 unspecified atom stereocenters. The maximum absolute atomic E-state index is 14.0. The van der Waals surface area contributed by atoms with Crippen LogP contribution in [0.2, 0.25) is 0 Å². The number of aromatic nitrogens is 4. The van der Waals surface area contributed by atoms with Crippen molar-refractivity contribution in [2.24, 2.45) is 0 Å². The maximum atomic E-state index is 14.0. The van der Waals surface area contributed by atoms with Gasteiger partial charge in [0.25, 0.3) is 5.56 Å². The molecule has 0 aliphatic rings. The number of nitrogens with zero attached hydrogens (tertiary/aromatic N) is 4. The molecule has 8 heteroatoms. The minimum Gasteiger partial charge on any atom is -0.375 e. The first-order valence-corrected chi connectivity index (χ1v) is 8.94. The molecular formula is C18H15BrFN5O. The molecule has 0 bridgehead atoms. The van der Waals surface area contributed by atoms with E-state index in [-0.39, 0.29) is 17.9 Å². The lowest BCUT2D eigenvalue weighted by Crippen LogP contribution is -2.23. The minimum absolute atomic E-state index is 0.0959. The highest BCUT2D eigenvalue weighted by molar-refractivity contribution is 9.10. The molecule has 2 heterocycles. The van der Waals surface area contributed by atoms with Crippen molar-refractivity contribution in [3.05, 3.63) is 68.9 Å². The van der Waals surface area contributed by atoms with E-state index in [4.69, 9.17) is 0 Å². The van der Waals surface area contributed by atoms with Gasteiger partial charge in [0, 0.05) is 11.0 Å². The highest BCUT2D eigenvalue weighted by atomic mass is 79.9. The van der Waals surface area contributed by atoms with E-state index in [1.165, 1.54) is 6.07 Å². The third-order valence-corrected chi connectivity index (χ3v) is 4.75. The minimum atomic E-state index is -0.358. The van der Waals surface area contributed by atoms with Gasteiger partial charge in [-0.15, -0.1) is 10.2 Å². The summed E-state index contributed by atoms with van der Waals surface area (Å²) in [4.78, 5) is 12.7. The standard InChI is InChI=1S/C18H15BrFN5O/c1-2-24-17(26)12-5-3-4-6-15(12)25-16(22-23-18(24)25)10-21-14-8-7-11(19)9-13(14)20/h3-9,21H,2,10H2,1H3. The van der Waals surface area contributed by atoms with Crippen molar-refractivity contribution in [3.8, 4) is 0 Å². The summed E-state index contributed by atoms with van der Waals surface area (Å²) < 4.78 is 18.1. The third kappa shape index (κ3) is 2.66. The predicted molar refractivity (Wildman–Crippen MR) is 102 cm³/mol. The zero-order chi connectivity index (χ0) is 18.3. The van der Waals surface area contributed by atoms with Gasteiger partial charge in [-0.2, -0.15) is 0 Å². The molecule has 132 valence electrons. The van der Waals surface area contributed by atoms with E-state index in [1.807, 2.05) is 29.5 Å². The van der Waals surface area contributed by atoms with Crippen molar-refractivity contribution < 1.29 is 4.39 Å². The van der Waals surface area contributed by atoms with Crippen LogP contribution < -0.4 is 10.9 Å². The molecular weight excluding hydrogens is 401 g/mol. The SMILES string of the molecule is CCn1c(=O)c2ccccc2n2c(CNc3ccc(Br)cc3F)nnc12. The van der Waals surface area contributed by atoms with Gasteiger partial charge in [0.15, 0.2) is 5.82 Å². The molecule has 0 spiro atoms. The van der Waals surface area contributed by atoms with Crippen molar-refractivity contribution >= 4 is 38.3 Å². The van der Waals surface area contributed by atoms with Crippen LogP contribution in [0.3, 0.4) is 0 Å². The first kappa shape index (κ1) is 16.7. The lowest BCUT2D eigenvalue weighted by Gasteiger charge is -2.11. The van der Waals surface area contributed by atoms with Crippen molar-refractivity contribution in [3.63, 3.8) is 0 Å². The summed E-state index contributed by atoms with van der Waals surface area (Å²) >= 11 is 3.24. The summed E-state index contributed by atoms with van der Waals surface area (Å²) in [6.45, 7) is 2.64. The van der Waals surface area contributed by atoms with Crippen LogP contribution in [-0.2, 0) is 13.1 Å². The zero-order valence-electron chi connectivity index (χ0n) is 13.9. The van der Waals surface area contributed by atoms with E-state index in [0.717, 1.165) is 5.52 Å². The third-order valence-electron chi connectivity index (χ3n) is 4.26. The van der Waals surface area contributed by atoms with Gasteiger partial charge in [-0.25, -0.2) is 4.39 Å². The van der Waals surface area contributed by atoms with Crippen LogP contribution in [0.15, 0.2) is 51.7 Å². The normalized spacial score (nSPS) is 11.3. The van der Waals surface area contributed by atoms with Crippen LogP contribution >= 0.6 is 15.9 Å². The summed E-state index contributed by atoms with van der Waals surface area (Å²) in [6, 6.07) is 12.2. The molecule has 0 radical (unpaired) electrons. The summed E-state index contributed by atoms with van der Waals surface area (Å²) in [5.74, 6) is 0.716. The Morgan fingerprint density at radius 1 is 1.19 bits per heavy atom.